The molecule has 2 N–H and O–H groups in total. The van der Waals surface area contributed by atoms with E-state index < -0.39 is 5.97 Å². The summed E-state index contributed by atoms with van der Waals surface area (Å²) >= 11 is 0. The van der Waals surface area contributed by atoms with Crippen molar-refractivity contribution in [1.82, 2.24) is 9.78 Å². The molecule has 1 aliphatic rings. The Morgan fingerprint density at radius 2 is 1.88 bits per heavy atom. The van der Waals surface area contributed by atoms with Crippen LogP contribution in [-0.4, -0.2) is 26.0 Å². The molecule has 1 saturated carbocycles. The number of aromatic hydroxyl groups is 1. The van der Waals surface area contributed by atoms with Gasteiger partial charge in [0.2, 0.25) is 0 Å². The highest BCUT2D eigenvalue weighted by molar-refractivity contribution is 5.91. The molecule has 24 heavy (non-hydrogen) atoms. The summed E-state index contributed by atoms with van der Waals surface area (Å²) in [6.07, 6.45) is 7.43. The first-order valence-corrected chi connectivity index (χ1v) is 8.35. The Morgan fingerprint density at radius 1 is 1.21 bits per heavy atom. The Labute approximate surface area is 141 Å². The third kappa shape index (κ3) is 3.50. The molecule has 1 aromatic carbocycles. The van der Waals surface area contributed by atoms with Gasteiger partial charge in [-0.15, -0.1) is 0 Å². The Bertz CT molecular complexity index is 753. The zero-order chi connectivity index (χ0) is 17.1. The number of nitrogens with zero attached hydrogens (tertiary/aromatic N) is 2. The highest BCUT2D eigenvalue weighted by atomic mass is 16.4. The average molecular weight is 326 g/mol. The number of carbonyl (C=O) groups is 1. The molecule has 0 atom stereocenters. The van der Waals surface area contributed by atoms with Crippen molar-refractivity contribution < 1.29 is 15.0 Å². The summed E-state index contributed by atoms with van der Waals surface area (Å²) in [6, 6.07) is 9.31. The predicted molar refractivity (Wildman–Crippen MR) is 92.7 cm³/mol. The summed E-state index contributed by atoms with van der Waals surface area (Å²) in [6.45, 7) is 1.57. The monoisotopic (exact) mass is 326 g/mol. The molecule has 1 fully saturated rings. The molecule has 0 spiro atoms. The van der Waals surface area contributed by atoms with Gasteiger partial charge < -0.3 is 10.2 Å². The Balaban J connectivity index is 2.03. The van der Waals surface area contributed by atoms with Crippen LogP contribution >= 0.6 is 0 Å². The standard InChI is InChI=1S/C19H22N2O3/c1-13(19(23)24)11-15-12-18(14-7-9-17(22)10-8-14)21(20-15)16-5-3-2-4-6-16/h7-12,16,22H,2-6H2,1H3,(H,23,24)/b13-11+. The normalized spacial score (nSPS) is 16.3. The highest BCUT2D eigenvalue weighted by Gasteiger charge is 2.20. The molecule has 0 bridgehead atoms. The lowest BCUT2D eigenvalue weighted by Crippen LogP contribution is -2.15. The van der Waals surface area contributed by atoms with Gasteiger partial charge >= 0.3 is 5.97 Å². The zero-order valence-corrected chi connectivity index (χ0v) is 13.8. The molecule has 1 aromatic heterocycles. The maximum Gasteiger partial charge on any atom is 0.331 e. The van der Waals surface area contributed by atoms with Gasteiger partial charge in [-0.1, -0.05) is 19.3 Å². The third-order valence-corrected chi connectivity index (χ3v) is 4.54. The van der Waals surface area contributed by atoms with Gasteiger partial charge in [0, 0.05) is 11.1 Å². The Kier molecular flexibility index (Phi) is 4.69. The van der Waals surface area contributed by atoms with Gasteiger partial charge in [-0.2, -0.15) is 5.10 Å². The minimum absolute atomic E-state index is 0.226. The molecular formula is C19H22N2O3. The summed E-state index contributed by atoms with van der Waals surface area (Å²) in [7, 11) is 0. The van der Waals surface area contributed by atoms with E-state index in [9.17, 15) is 9.90 Å². The summed E-state index contributed by atoms with van der Waals surface area (Å²) in [4.78, 5) is 11.1. The molecule has 2 aromatic rings. The SMILES string of the molecule is C/C(=C\c1cc(-c2ccc(O)cc2)n(C2CCCCC2)n1)C(=O)O. The predicted octanol–water partition coefficient (Wildman–Crippen LogP) is 4.25. The summed E-state index contributed by atoms with van der Waals surface area (Å²) in [5.74, 6) is -0.710. The van der Waals surface area contributed by atoms with E-state index in [2.05, 4.69) is 5.10 Å². The van der Waals surface area contributed by atoms with E-state index in [4.69, 9.17) is 5.11 Å². The molecule has 5 heteroatoms. The Hall–Kier alpha value is -2.56. The van der Waals surface area contributed by atoms with Crippen LogP contribution in [0.2, 0.25) is 0 Å². The van der Waals surface area contributed by atoms with Crippen molar-refractivity contribution in [2.75, 3.05) is 0 Å². The molecule has 0 unspecified atom stereocenters. The summed E-state index contributed by atoms with van der Waals surface area (Å²) in [5, 5.41) is 23.3. The molecular weight excluding hydrogens is 304 g/mol. The molecule has 0 aliphatic heterocycles. The number of phenolic OH excluding ortho intramolecular Hbond substituents is 1. The zero-order valence-electron chi connectivity index (χ0n) is 13.8. The van der Waals surface area contributed by atoms with Gasteiger partial charge in [0.1, 0.15) is 5.75 Å². The first-order valence-electron chi connectivity index (χ1n) is 8.35. The Morgan fingerprint density at radius 3 is 2.50 bits per heavy atom. The smallest absolute Gasteiger partial charge is 0.331 e. The van der Waals surface area contributed by atoms with E-state index in [-0.39, 0.29) is 11.3 Å². The average Bonchev–Trinajstić information content (AvgIpc) is 3.00. The molecule has 0 saturated heterocycles. The van der Waals surface area contributed by atoms with Gasteiger partial charge in [0.05, 0.1) is 17.4 Å². The van der Waals surface area contributed by atoms with Crippen LogP contribution in [0, 0.1) is 0 Å². The maximum absolute atomic E-state index is 11.1. The van der Waals surface area contributed by atoms with Crippen LogP contribution in [0.15, 0.2) is 35.9 Å². The minimum Gasteiger partial charge on any atom is -0.508 e. The fourth-order valence-electron chi connectivity index (χ4n) is 3.22. The van der Waals surface area contributed by atoms with Crippen molar-refractivity contribution in [3.05, 3.63) is 41.6 Å². The van der Waals surface area contributed by atoms with E-state index in [1.165, 1.54) is 19.3 Å². The van der Waals surface area contributed by atoms with Crippen molar-refractivity contribution in [3.8, 4) is 17.0 Å². The topological polar surface area (TPSA) is 75.3 Å². The van der Waals surface area contributed by atoms with Crippen LogP contribution < -0.4 is 0 Å². The van der Waals surface area contributed by atoms with Crippen molar-refractivity contribution in [2.45, 2.75) is 45.1 Å². The number of hydrogen-bond donors (Lipinski definition) is 2. The van der Waals surface area contributed by atoms with Gasteiger partial charge in [0.25, 0.3) is 0 Å². The van der Waals surface area contributed by atoms with Crippen LogP contribution in [0.25, 0.3) is 17.3 Å². The molecule has 0 radical (unpaired) electrons. The molecule has 0 amide bonds. The largest absolute Gasteiger partial charge is 0.508 e. The number of benzene rings is 1. The van der Waals surface area contributed by atoms with Crippen molar-refractivity contribution in [2.24, 2.45) is 0 Å². The first-order chi connectivity index (χ1) is 11.5. The lowest BCUT2D eigenvalue weighted by Gasteiger charge is -2.24. The van der Waals surface area contributed by atoms with Gasteiger partial charge in [-0.25, -0.2) is 4.79 Å². The van der Waals surface area contributed by atoms with E-state index >= 15 is 0 Å². The molecule has 1 aliphatic carbocycles. The van der Waals surface area contributed by atoms with Crippen molar-refractivity contribution in [1.29, 1.82) is 0 Å². The number of carboxylic acid groups (broad SMARTS) is 1. The molecule has 1 heterocycles. The van der Waals surface area contributed by atoms with E-state index in [1.54, 1.807) is 25.1 Å². The van der Waals surface area contributed by atoms with Crippen molar-refractivity contribution in [3.63, 3.8) is 0 Å². The number of carboxylic acids is 1. The molecule has 126 valence electrons. The second-order valence-electron chi connectivity index (χ2n) is 6.37. The van der Waals surface area contributed by atoms with Crippen LogP contribution in [0.3, 0.4) is 0 Å². The van der Waals surface area contributed by atoms with Gasteiger partial charge in [0.15, 0.2) is 0 Å². The van der Waals surface area contributed by atoms with Crippen LogP contribution in [0.5, 0.6) is 5.75 Å². The van der Waals surface area contributed by atoms with Crippen LogP contribution in [0.1, 0.15) is 50.8 Å². The highest BCUT2D eigenvalue weighted by Crippen LogP contribution is 2.33. The third-order valence-electron chi connectivity index (χ3n) is 4.54. The second-order valence-corrected chi connectivity index (χ2v) is 6.37. The number of rotatable bonds is 4. The minimum atomic E-state index is -0.937. The van der Waals surface area contributed by atoms with E-state index in [0.29, 0.717) is 11.7 Å². The first kappa shape index (κ1) is 16.3. The lowest BCUT2D eigenvalue weighted by molar-refractivity contribution is -0.132. The van der Waals surface area contributed by atoms with Crippen LogP contribution in [-0.2, 0) is 4.79 Å². The van der Waals surface area contributed by atoms with E-state index in [0.717, 1.165) is 24.1 Å². The van der Waals surface area contributed by atoms with Gasteiger partial charge in [-0.05, 0) is 56.2 Å². The quantitative estimate of drug-likeness (QED) is 0.824. The van der Waals surface area contributed by atoms with Crippen LogP contribution in [0.4, 0.5) is 0 Å². The number of aliphatic carboxylic acids is 1. The number of phenols is 1. The number of hydrogen-bond acceptors (Lipinski definition) is 3. The van der Waals surface area contributed by atoms with Crippen molar-refractivity contribution >= 4 is 12.0 Å². The van der Waals surface area contributed by atoms with E-state index in [1.807, 2.05) is 22.9 Å². The number of aromatic nitrogens is 2. The fraction of sp³-hybridized carbons (Fsp3) is 0.368. The summed E-state index contributed by atoms with van der Waals surface area (Å²) in [5.41, 5.74) is 2.86. The fourth-order valence-corrected chi connectivity index (χ4v) is 3.22. The summed E-state index contributed by atoms with van der Waals surface area (Å²) < 4.78 is 2.03. The molecule has 5 nitrogen and oxygen atoms in total. The molecule has 3 rings (SSSR count). The van der Waals surface area contributed by atoms with Gasteiger partial charge in [-0.3, -0.25) is 4.68 Å². The second kappa shape index (κ2) is 6.91. The lowest BCUT2D eigenvalue weighted by atomic mass is 9.95. The maximum atomic E-state index is 11.1.